The van der Waals surface area contributed by atoms with E-state index >= 15 is 0 Å². The number of hydrogen-bond acceptors (Lipinski definition) is 4. The lowest BCUT2D eigenvalue weighted by Crippen LogP contribution is -2.32. The predicted octanol–water partition coefficient (Wildman–Crippen LogP) is 4.16. The maximum atomic E-state index is 12.8. The van der Waals surface area contributed by atoms with Crippen LogP contribution in [0.3, 0.4) is 0 Å². The molecule has 4 nitrogen and oxygen atoms in total. The highest BCUT2D eigenvalue weighted by atomic mass is 32.1. The predicted molar refractivity (Wildman–Crippen MR) is 86.8 cm³/mol. The van der Waals surface area contributed by atoms with Gasteiger partial charge in [-0.1, -0.05) is 6.07 Å². The molecule has 0 spiro atoms. The van der Waals surface area contributed by atoms with E-state index in [1.807, 2.05) is 22.4 Å². The Kier molecular flexibility index (Phi) is 4.99. The molecular weight excluding hydrogens is 336 g/mol. The van der Waals surface area contributed by atoms with Gasteiger partial charge in [-0.3, -0.25) is 4.79 Å². The van der Waals surface area contributed by atoms with Crippen LogP contribution >= 0.6 is 11.3 Å². The first kappa shape index (κ1) is 16.7. The summed E-state index contributed by atoms with van der Waals surface area (Å²) in [5.74, 6) is -0.0962. The van der Waals surface area contributed by atoms with E-state index in [1.54, 1.807) is 11.3 Å². The van der Waals surface area contributed by atoms with Gasteiger partial charge in [0.1, 0.15) is 0 Å². The third kappa shape index (κ3) is 3.84. The molecule has 0 aliphatic heterocycles. The van der Waals surface area contributed by atoms with Crippen LogP contribution in [0.1, 0.15) is 28.1 Å². The number of ether oxygens (including phenoxy) is 2. The highest BCUT2D eigenvalue weighted by Crippen LogP contribution is 2.33. The molecule has 128 valence electrons. The number of alkyl halides is 2. The Bertz CT molecular complexity index is 702. The van der Waals surface area contributed by atoms with E-state index in [2.05, 4.69) is 4.74 Å². The van der Waals surface area contributed by atoms with Gasteiger partial charge in [0.15, 0.2) is 11.5 Å². The summed E-state index contributed by atoms with van der Waals surface area (Å²) in [5.41, 5.74) is 0.400. The minimum Gasteiger partial charge on any atom is -0.493 e. The molecule has 1 amide bonds. The van der Waals surface area contributed by atoms with Gasteiger partial charge in [0.05, 0.1) is 13.7 Å². The zero-order valence-corrected chi connectivity index (χ0v) is 13.9. The number of halogens is 2. The summed E-state index contributed by atoms with van der Waals surface area (Å²) in [6.07, 6.45) is 1.97. The lowest BCUT2D eigenvalue weighted by atomic mass is 10.1. The average Bonchev–Trinajstić information content (AvgIpc) is 3.28. The quantitative estimate of drug-likeness (QED) is 0.750. The number of methoxy groups -OCH3 is 1. The van der Waals surface area contributed by atoms with Gasteiger partial charge in [-0.15, -0.1) is 11.3 Å². The van der Waals surface area contributed by atoms with Gasteiger partial charge >= 0.3 is 6.61 Å². The van der Waals surface area contributed by atoms with Crippen molar-refractivity contribution in [3.8, 4) is 11.5 Å². The smallest absolute Gasteiger partial charge is 0.387 e. The lowest BCUT2D eigenvalue weighted by molar-refractivity contribution is -0.0512. The molecule has 0 unspecified atom stereocenters. The van der Waals surface area contributed by atoms with Gasteiger partial charge in [0.2, 0.25) is 0 Å². The third-order valence-corrected chi connectivity index (χ3v) is 4.64. The van der Waals surface area contributed by atoms with Gasteiger partial charge in [-0.25, -0.2) is 0 Å². The first-order valence-electron chi connectivity index (χ1n) is 7.54. The Hall–Kier alpha value is -2.15. The molecule has 0 atom stereocenters. The SMILES string of the molecule is COc1cc(C(=O)N(Cc2cccs2)C2CC2)ccc1OC(F)F. The van der Waals surface area contributed by atoms with Crippen molar-refractivity contribution in [3.05, 3.63) is 46.2 Å². The molecule has 1 aliphatic carbocycles. The van der Waals surface area contributed by atoms with Crippen molar-refractivity contribution in [2.45, 2.75) is 32.0 Å². The van der Waals surface area contributed by atoms with Crippen LogP contribution in [-0.4, -0.2) is 30.6 Å². The molecule has 1 heterocycles. The van der Waals surface area contributed by atoms with Gasteiger partial charge in [0.25, 0.3) is 5.91 Å². The largest absolute Gasteiger partial charge is 0.493 e. The molecule has 3 rings (SSSR count). The van der Waals surface area contributed by atoms with E-state index in [0.717, 1.165) is 17.7 Å². The van der Waals surface area contributed by atoms with Gasteiger partial charge in [-0.2, -0.15) is 8.78 Å². The van der Waals surface area contributed by atoms with Crippen LogP contribution in [-0.2, 0) is 6.54 Å². The maximum Gasteiger partial charge on any atom is 0.387 e. The van der Waals surface area contributed by atoms with E-state index in [1.165, 1.54) is 25.3 Å². The van der Waals surface area contributed by atoms with E-state index < -0.39 is 6.61 Å². The van der Waals surface area contributed by atoms with E-state index in [-0.39, 0.29) is 23.4 Å². The number of rotatable bonds is 7. The summed E-state index contributed by atoms with van der Waals surface area (Å²) < 4.78 is 34.3. The summed E-state index contributed by atoms with van der Waals surface area (Å²) in [6.45, 7) is -2.39. The molecule has 7 heteroatoms. The number of benzene rings is 1. The fourth-order valence-corrected chi connectivity index (χ4v) is 3.19. The molecule has 24 heavy (non-hydrogen) atoms. The molecule has 0 saturated heterocycles. The second-order valence-electron chi connectivity index (χ2n) is 5.49. The fourth-order valence-electron chi connectivity index (χ4n) is 2.48. The Morgan fingerprint density at radius 1 is 1.33 bits per heavy atom. The monoisotopic (exact) mass is 353 g/mol. The number of carbonyl (C=O) groups excluding carboxylic acids is 1. The van der Waals surface area contributed by atoms with Gasteiger partial charge in [0, 0.05) is 16.5 Å². The highest BCUT2D eigenvalue weighted by molar-refractivity contribution is 7.09. The Balaban J connectivity index is 1.82. The summed E-state index contributed by atoms with van der Waals surface area (Å²) in [4.78, 5) is 15.8. The van der Waals surface area contributed by atoms with Crippen molar-refractivity contribution in [3.63, 3.8) is 0 Å². The molecule has 1 saturated carbocycles. The highest BCUT2D eigenvalue weighted by Gasteiger charge is 2.33. The molecule has 2 aromatic rings. The van der Waals surface area contributed by atoms with Crippen LogP contribution in [0.2, 0.25) is 0 Å². The van der Waals surface area contributed by atoms with Crippen LogP contribution in [0.4, 0.5) is 8.78 Å². The number of amides is 1. The van der Waals surface area contributed by atoms with Crippen molar-refractivity contribution in [2.24, 2.45) is 0 Å². The first-order chi connectivity index (χ1) is 11.6. The van der Waals surface area contributed by atoms with Crippen LogP contribution < -0.4 is 9.47 Å². The summed E-state index contributed by atoms with van der Waals surface area (Å²) in [5, 5.41) is 1.98. The third-order valence-electron chi connectivity index (χ3n) is 3.78. The molecule has 0 bridgehead atoms. The van der Waals surface area contributed by atoms with Crippen molar-refractivity contribution in [1.82, 2.24) is 4.90 Å². The first-order valence-corrected chi connectivity index (χ1v) is 8.42. The second kappa shape index (κ2) is 7.17. The topological polar surface area (TPSA) is 38.8 Å². The second-order valence-corrected chi connectivity index (χ2v) is 6.52. The van der Waals surface area contributed by atoms with E-state index in [9.17, 15) is 13.6 Å². The molecule has 0 radical (unpaired) electrons. The van der Waals surface area contributed by atoms with Crippen molar-refractivity contribution < 1.29 is 23.0 Å². The van der Waals surface area contributed by atoms with Crippen LogP contribution in [0.5, 0.6) is 11.5 Å². The number of hydrogen-bond donors (Lipinski definition) is 0. The summed E-state index contributed by atoms with van der Waals surface area (Å²) in [6, 6.07) is 8.47. The number of thiophene rings is 1. The maximum absolute atomic E-state index is 12.8. The molecule has 1 aromatic carbocycles. The molecular formula is C17H17F2NO3S. The molecule has 0 N–H and O–H groups in total. The number of nitrogens with zero attached hydrogens (tertiary/aromatic N) is 1. The average molecular weight is 353 g/mol. The normalized spacial score (nSPS) is 13.8. The standard InChI is InChI=1S/C17H17F2NO3S/c1-22-15-9-11(4-7-14(15)23-17(18)19)16(21)20(12-5-6-12)10-13-3-2-8-24-13/h2-4,7-9,12,17H,5-6,10H2,1H3. The zero-order chi connectivity index (χ0) is 17.1. The fraction of sp³-hybridized carbons (Fsp3) is 0.353. The minimum absolute atomic E-state index is 0.0831. The lowest BCUT2D eigenvalue weighted by Gasteiger charge is -2.22. The summed E-state index contributed by atoms with van der Waals surface area (Å²) >= 11 is 1.60. The van der Waals surface area contributed by atoms with Crippen molar-refractivity contribution in [1.29, 1.82) is 0 Å². The molecule has 1 aromatic heterocycles. The van der Waals surface area contributed by atoms with Crippen LogP contribution in [0.15, 0.2) is 35.7 Å². The van der Waals surface area contributed by atoms with Crippen molar-refractivity contribution >= 4 is 17.2 Å². The molecule has 1 fully saturated rings. The number of carbonyl (C=O) groups is 1. The Morgan fingerprint density at radius 2 is 2.12 bits per heavy atom. The Labute approximate surface area is 142 Å². The van der Waals surface area contributed by atoms with Crippen molar-refractivity contribution in [2.75, 3.05) is 7.11 Å². The Morgan fingerprint density at radius 3 is 2.71 bits per heavy atom. The van der Waals surface area contributed by atoms with Crippen LogP contribution in [0.25, 0.3) is 0 Å². The molecule has 1 aliphatic rings. The van der Waals surface area contributed by atoms with E-state index in [4.69, 9.17) is 4.74 Å². The zero-order valence-electron chi connectivity index (χ0n) is 13.1. The van der Waals surface area contributed by atoms with Crippen LogP contribution in [0, 0.1) is 0 Å². The van der Waals surface area contributed by atoms with Gasteiger partial charge in [-0.05, 0) is 42.5 Å². The van der Waals surface area contributed by atoms with Gasteiger partial charge < -0.3 is 14.4 Å². The van der Waals surface area contributed by atoms with E-state index in [0.29, 0.717) is 12.1 Å². The summed E-state index contributed by atoms with van der Waals surface area (Å²) in [7, 11) is 1.35. The minimum atomic E-state index is -2.94.